The molecule has 2 aromatic rings. The Balaban J connectivity index is 1.77. The van der Waals surface area contributed by atoms with Crippen LogP contribution in [-0.4, -0.2) is 25.1 Å². The molecule has 30 heavy (non-hydrogen) atoms. The number of carbonyl (C=O) groups is 2. The third kappa shape index (κ3) is 5.32. The molecule has 2 aromatic carbocycles. The van der Waals surface area contributed by atoms with Gasteiger partial charge in [-0.1, -0.05) is 44.2 Å². The molecule has 0 fully saturated rings. The first-order valence-corrected chi connectivity index (χ1v) is 10.4. The van der Waals surface area contributed by atoms with Gasteiger partial charge in [-0.15, -0.1) is 0 Å². The number of anilines is 2. The van der Waals surface area contributed by atoms with Crippen LogP contribution in [0.3, 0.4) is 0 Å². The van der Waals surface area contributed by atoms with E-state index in [4.69, 9.17) is 4.74 Å². The van der Waals surface area contributed by atoms with Gasteiger partial charge in [0.15, 0.2) is 0 Å². The van der Waals surface area contributed by atoms with Gasteiger partial charge in [-0.25, -0.2) is 4.79 Å². The van der Waals surface area contributed by atoms with Crippen LogP contribution < -0.4 is 20.3 Å². The Morgan fingerprint density at radius 3 is 2.60 bits per heavy atom. The number of benzene rings is 2. The number of hydrogen-bond donors (Lipinski definition) is 2. The molecule has 0 aliphatic carbocycles. The van der Waals surface area contributed by atoms with Gasteiger partial charge in [0.1, 0.15) is 12.4 Å². The van der Waals surface area contributed by atoms with Crippen molar-refractivity contribution in [2.45, 2.75) is 40.7 Å². The zero-order valence-electron chi connectivity index (χ0n) is 18.2. The van der Waals surface area contributed by atoms with E-state index in [1.54, 1.807) is 11.0 Å². The fourth-order valence-electron chi connectivity index (χ4n) is 3.29. The molecule has 1 heterocycles. The molecule has 0 saturated heterocycles. The van der Waals surface area contributed by atoms with E-state index in [0.717, 1.165) is 12.0 Å². The van der Waals surface area contributed by atoms with Crippen LogP contribution in [0.15, 0.2) is 48.5 Å². The van der Waals surface area contributed by atoms with E-state index in [-0.39, 0.29) is 11.9 Å². The van der Waals surface area contributed by atoms with Crippen molar-refractivity contribution in [3.05, 3.63) is 54.1 Å². The summed E-state index contributed by atoms with van der Waals surface area (Å²) in [5.74, 6) is 1.17. The molecule has 2 N–H and O–H groups in total. The molecule has 3 amide bonds. The second kappa shape index (κ2) is 9.20. The molecule has 1 aliphatic rings. The van der Waals surface area contributed by atoms with Gasteiger partial charge in [-0.05, 0) is 49.9 Å². The van der Waals surface area contributed by atoms with E-state index in [2.05, 4.69) is 24.5 Å². The van der Waals surface area contributed by atoms with Gasteiger partial charge >= 0.3 is 6.03 Å². The molecule has 1 aliphatic heterocycles. The third-order valence-corrected chi connectivity index (χ3v) is 5.15. The highest BCUT2D eigenvalue weighted by Gasteiger charge is 2.37. The average Bonchev–Trinajstić information content (AvgIpc) is 2.80. The number of carbonyl (C=O) groups excluding carboxylic acids is 2. The first-order chi connectivity index (χ1) is 14.3. The van der Waals surface area contributed by atoms with Crippen molar-refractivity contribution in [1.82, 2.24) is 5.32 Å². The van der Waals surface area contributed by atoms with Crippen molar-refractivity contribution in [2.75, 3.05) is 23.4 Å². The third-order valence-electron chi connectivity index (χ3n) is 5.15. The van der Waals surface area contributed by atoms with Crippen LogP contribution in [0.25, 0.3) is 0 Å². The minimum Gasteiger partial charge on any atom is -0.490 e. The normalized spacial score (nSPS) is 15.2. The number of urea groups is 1. The van der Waals surface area contributed by atoms with Crippen LogP contribution in [-0.2, 0) is 11.3 Å². The number of amides is 3. The van der Waals surface area contributed by atoms with Crippen LogP contribution in [0, 0.1) is 11.3 Å². The lowest BCUT2D eigenvalue weighted by Crippen LogP contribution is -2.42. The standard InChI is InChI=1S/C24H31N3O3/c1-17(2)12-13-27-20-14-19(10-11-21(20)30-16-24(3,4)22(27)28)26-23(29)25-15-18-8-6-5-7-9-18/h5-11,14,17H,12-13,15-16H2,1-4H3,(H2,25,26,29). The Morgan fingerprint density at radius 2 is 1.90 bits per heavy atom. The zero-order chi connectivity index (χ0) is 21.7. The van der Waals surface area contributed by atoms with Crippen molar-refractivity contribution in [1.29, 1.82) is 0 Å². The van der Waals surface area contributed by atoms with Crippen molar-refractivity contribution in [3.63, 3.8) is 0 Å². The summed E-state index contributed by atoms with van der Waals surface area (Å²) in [6.45, 7) is 9.45. The predicted molar refractivity (Wildman–Crippen MR) is 120 cm³/mol. The lowest BCUT2D eigenvalue weighted by atomic mass is 9.92. The Hall–Kier alpha value is -3.02. The SMILES string of the molecule is CC(C)CCN1C(=O)C(C)(C)COc2ccc(NC(=O)NCc3ccccc3)cc21. The maximum atomic E-state index is 13.2. The number of ether oxygens (including phenoxy) is 1. The molecular formula is C24H31N3O3. The molecule has 0 saturated carbocycles. The molecule has 6 heteroatoms. The topological polar surface area (TPSA) is 70.7 Å². The van der Waals surface area contributed by atoms with Gasteiger partial charge in [0.05, 0.1) is 11.1 Å². The molecular weight excluding hydrogens is 378 g/mol. The van der Waals surface area contributed by atoms with Gasteiger partial charge in [0.2, 0.25) is 5.91 Å². The van der Waals surface area contributed by atoms with Crippen LogP contribution in [0.1, 0.15) is 39.7 Å². The minimum absolute atomic E-state index is 0.0348. The van der Waals surface area contributed by atoms with E-state index in [9.17, 15) is 9.59 Å². The second-order valence-corrected chi connectivity index (χ2v) is 8.79. The number of rotatable bonds is 6. The van der Waals surface area contributed by atoms with E-state index in [1.165, 1.54) is 0 Å². The number of nitrogens with zero attached hydrogens (tertiary/aromatic N) is 1. The summed E-state index contributed by atoms with van der Waals surface area (Å²) >= 11 is 0. The number of fused-ring (bicyclic) bond motifs is 1. The highest BCUT2D eigenvalue weighted by molar-refractivity contribution is 6.00. The molecule has 3 rings (SSSR count). The fraction of sp³-hybridized carbons (Fsp3) is 0.417. The van der Waals surface area contributed by atoms with Crippen LogP contribution in [0.2, 0.25) is 0 Å². The molecule has 0 aromatic heterocycles. The monoisotopic (exact) mass is 409 g/mol. The molecule has 6 nitrogen and oxygen atoms in total. The van der Waals surface area contributed by atoms with Gasteiger partial charge in [0.25, 0.3) is 0 Å². The Labute approximate surface area is 178 Å². The van der Waals surface area contributed by atoms with Crippen LogP contribution in [0.4, 0.5) is 16.2 Å². The highest BCUT2D eigenvalue weighted by Crippen LogP contribution is 2.38. The maximum absolute atomic E-state index is 13.2. The van der Waals surface area contributed by atoms with E-state index >= 15 is 0 Å². The highest BCUT2D eigenvalue weighted by atomic mass is 16.5. The first kappa shape index (κ1) is 21.7. The Bertz CT molecular complexity index is 894. The summed E-state index contributed by atoms with van der Waals surface area (Å²) in [5.41, 5.74) is 1.73. The summed E-state index contributed by atoms with van der Waals surface area (Å²) in [6, 6.07) is 14.9. The molecule has 0 unspecified atom stereocenters. The van der Waals surface area contributed by atoms with E-state index in [0.29, 0.717) is 42.7 Å². The van der Waals surface area contributed by atoms with Gasteiger partial charge < -0.3 is 20.3 Å². The summed E-state index contributed by atoms with van der Waals surface area (Å²) in [5, 5.41) is 5.71. The minimum atomic E-state index is -0.614. The largest absolute Gasteiger partial charge is 0.490 e. The van der Waals surface area contributed by atoms with Crippen LogP contribution >= 0.6 is 0 Å². The molecule has 160 valence electrons. The summed E-state index contributed by atoms with van der Waals surface area (Å²) < 4.78 is 5.95. The number of hydrogen-bond acceptors (Lipinski definition) is 3. The van der Waals surface area contributed by atoms with Crippen molar-refractivity contribution >= 4 is 23.3 Å². The van der Waals surface area contributed by atoms with Gasteiger partial charge in [-0.2, -0.15) is 0 Å². The quantitative estimate of drug-likeness (QED) is 0.719. The van der Waals surface area contributed by atoms with Crippen molar-refractivity contribution in [2.24, 2.45) is 11.3 Å². The maximum Gasteiger partial charge on any atom is 0.319 e. The predicted octanol–water partition coefficient (Wildman–Crippen LogP) is 4.81. The van der Waals surface area contributed by atoms with E-state index in [1.807, 2.05) is 56.3 Å². The lowest BCUT2D eigenvalue weighted by Gasteiger charge is -2.28. The van der Waals surface area contributed by atoms with E-state index < -0.39 is 5.41 Å². The van der Waals surface area contributed by atoms with Crippen molar-refractivity contribution in [3.8, 4) is 5.75 Å². The molecule has 0 atom stereocenters. The summed E-state index contributed by atoms with van der Waals surface area (Å²) in [4.78, 5) is 27.3. The summed E-state index contributed by atoms with van der Waals surface area (Å²) in [6.07, 6.45) is 0.885. The van der Waals surface area contributed by atoms with Crippen molar-refractivity contribution < 1.29 is 14.3 Å². The molecule has 0 radical (unpaired) electrons. The smallest absolute Gasteiger partial charge is 0.319 e. The first-order valence-electron chi connectivity index (χ1n) is 10.4. The zero-order valence-corrected chi connectivity index (χ0v) is 18.2. The molecule has 0 bridgehead atoms. The van der Waals surface area contributed by atoms with Gasteiger partial charge in [0, 0.05) is 18.8 Å². The fourth-order valence-corrected chi connectivity index (χ4v) is 3.29. The van der Waals surface area contributed by atoms with Crippen LogP contribution in [0.5, 0.6) is 5.75 Å². The number of nitrogens with one attached hydrogen (secondary N) is 2. The average molecular weight is 410 g/mol. The Morgan fingerprint density at radius 1 is 1.17 bits per heavy atom. The summed E-state index contributed by atoms with van der Waals surface area (Å²) in [7, 11) is 0. The Kier molecular flexibility index (Phi) is 6.65. The lowest BCUT2D eigenvalue weighted by molar-refractivity contribution is -0.127. The molecule has 0 spiro atoms. The second-order valence-electron chi connectivity index (χ2n) is 8.79. The van der Waals surface area contributed by atoms with Gasteiger partial charge in [-0.3, -0.25) is 4.79 Å².